The Labute approximate surface area is 211 Å². The molecule has 4 nitrogen and oxygen atoms in total. The molecule has 0 aromatic heterocycles. The third-order valence-corrected chi connectivity index (χ3v) is 7.78. The van der Waals surface area contributed by atoms with Gasteiger partial charge < -0.3 is 10.2 Å². The molecule has 1 atom stereocenters. The monoisotopic (exact) mass is 506 g/mol. The van der Waals surface area contributed by atoms with Crippen molar-refractivity contribution >= 4 is 46.8 Å². The lowest BCUT2D eigenvalue weighted by Gasteiger charge is -2.31. The molecule has 2 amide bonds. The fraction of sp³-hybridized carbons (Fsp3) is 0.462. The third kappa shape index (κ3) is 7.66. The van der Waals surface area contributed by atoms with Crippen LogP contribution in [0, 0.1) is 6.92 Å². The first kappa shape index (κ1) is 25.9. The molecule has 0 heterocycles. The van der Waals surface area contributed by atoms with Crippen LogP contribution in [-0.4, -0.2) is 34.6 Å². The van der Waals surface area contributed by atoms with E-state index >= 15 is 0 Å². The second-order valence-electron chi connectivity index (χ2n) is 8.72. The topological polar surface area (TPSA) is 49.4 Å². The molecule has 0 bridgehead atoms. The number of hydrogen-bond acceptors (Lipinski definition) is 3. The van der Waals surface area contributed by atoms with Crippen LogP contribution in [0.4, 0.5) is 0 Å². The van der Waals surface area contributed by atoms with E-state index in [2.05, 4.69) is 30.4 Å². The van der Waals surface area contributed by atoms with E-state index < -0.39 is 6.04 Å². The average Bonchev–Trinajstić information content (AvgIpc) is 2.79. The van der Waals surface area contributed by atoms with E-state index in [1.807, 2.05) is 6.07 Å². The summed E-state index contributed by atoms with van der Waals surface area (Å²) >= 11 is 14.3. The molecule has 0 aliphatic heterocycles. The van der Waals surface area contributed by atoms with E-state index in [9.17, 15) is 9.59 Å². The van der Waals surface area contributed by atoms with E-state index in [-0.39, 0.29) is 30.2 Å². The Kier molecular flexibility index (Phi) is 9.96. The second kappa shape index (κ2) is 12.7. The first-order valence-corrected chi connectivity index (χ1v) is 13.4. The van der Waals surface area contributed by atoms with Gasteiger partial charge in [0.05, 0.1) is 5.75 Å². The van der Waals surface area contributed by atoms with Gasteiger partial charge in [-0.2, -0.15) is 0 Å². The van der Waals surface area contributed by atoms with Gasteiger partial charge >= 0.3 is 0 Å². The molecular formula is C26H32Cl2N2O2S. The molecule has 0 unspecified atom stereocenters. The van der Waals surface area contributed by atoms with Crippen LogP contribution in [-0.2, 0) is 21.9 Å². The number of carbonyl (C=O) groups excluding carboxylic acids is 2. The summed E-state index contributed by atoms with van der Waals surface area (Å²) in [6.07, 6.45) is 5.47. The Balaban J connectivity index is 1.70. The van der Waals surface area contributed by atoms with Crippen molar-refractivity contribution in [3.05, 3.63) is 69.2 Å². The highest BCUT2D eigenvalue weighted by Gasteiger charge is 2.29. The van der Waals surface area contributed by atoms with Gasteiger partial charge in [0.25, 0.3) is 0 Å². The van der Waals surface area contributed by atoms with E-state index in [0.29, 0.717) is 15.6 Å². The van der Waals surface area contributed by atoms with Crippen molar-refractivity contribution in [2.24, 2.45) is 0 Å². The molecule has 7 heteroatoms. The fourth-order valence-electron chi connectivity index (χ4n) is 4.15. The summed E-state index contributed by atoms with van der Waals surface area (Å²) in [6, 6.07) is 13.1. The molecule has 1 N–H and O–H groups in total. The van der Waals surface area contributed by atoms with Crippen molar-refractivity contribution in [3.8, 4) is 0 Å². The Morgan fingerprint density at radius 3 is 2.42 bits per heavy atom. The molecule has 178 valence electrons. The van der Waals surface area contributed by atoms with Gasteiger partial charge in [-0.25, -0.2) is 0 Å². The van der Waals surface area contributed by atoms with Gasteiger partial charge in [0.1, 0.15) is 6.04 Å². The fourth-order valence-corrected chi connectivity index (χ4v) is 5.52. The van der Waals surface area contributed by atoms with Crippen LogP contribution in [0.25, 0.3) is 0 Å². The van der Waals surface area contributed by atoms with Gasteiger partial charge in [0.2, 0.25) is 11.8 Å². The minimum absolute atomic E-state index is 0.102. The summed E-state index contributed by atoms with van der Waals surface area (Å²) in [4.78, 5) is 28.0. The number of nitrogens with one attached hydrogen (secondary N) is 1. The number of hydrogen-bond donors (Lipinski definition) is 1. The number of carbonyl (C=O) groups is 2. The van der Waals surface area contributed by atoms with Gasteiger partial charge in [-0.1, -0.05) is 78.4 Å². The van der Waals surface area contributed by atoms with Crippen molar-refractivity contribution in [1.29, 1.82) is 0 Å². The van der Waals surface area contributed by atoms with E-state index in [1.54, 1.807) is 41.8 Å². The highest BCUT2D eigenvalue weighted by molar-refractivity contribution is 7.99. The molecule has 33 heavy (non-hydrogen) atoms. The van der Waals surface area contributed by atoms with Crippen LogP contribution >= 0.6 is 35.0 Å². The van der Waals surface area contributed by atoms with Gasteiger partial charge in [-0.15, -0.1) is 11.8 Å². The van der Waals surface area contributed by atoms with Crippen LogP contribution in [0.15, 0.2) is 42.5 Å². The summed E-state index contributed by atoms with van der Waals surface area (Å²) in [5.74, 6) is 0.783. The molecular weight excluding hydrogens is 475 g/mol. The van der Waals surface area contributed by atoms with Crippen LogP contribution < -0.4 is 5.32 Å². The number of benzene rings is 2. The quantitative estimate of drug-likeness (QED) is 0.427. The normalized spacial score (nSPS) is 15.2. The number of rotatable bonds is 9. The first-order valence-electron chi connectivity index (χ1n) is 11.5. The smallest absolute Gasteiger partial charge is 0.242 e. The number of halogens is 2. The number of thioether (sulfide) groups is 1. The lowest BCUT2D eigenvalue weighted by molar-refractivity contribution is -0.139. The number of amides is 2. The molecule has 2 aromatic rings. The summed E-state index contributed by atoms with van der Waals surface area (Å²) in [7, 11) is 0. The molecule has 0 spiro atoms. The van der Waals surface area contributed by atoms with Crippen molar-refractivity contribution in [2.45, 2.75) is 70.3 Å². The van der Waals surface area contributed by atoms with Crippen LogP contribution in [0.2, 0.25) is 10.0 Å². The molecule has 3 rings (SSSR count). The van der Waals surface area contributed by atoms with Crippen LogP contribution in [0.1, 0.15) is 55.7 Å². The summed E-state index contributed by atoms with van der Waals surface area (Å²) in [5.41, 5.74) is 3.04. The number of aryl methyl sites for hydroxylation is 1. The predicted molar refractivity (Wildman–Crippen MR) is 139 cm³/mol. The highest BCUT2D eigenvalue weighted by Crippen LogP contribution is 2.27. The Morgan fingerprint density at radius 2 is 1.76 bits per heavy atom. The SMILES string of the molecule is Cc1cccc(CSCC(=O)N(Cc2c(Cl)cccc2Cl)[C@H](C)C(=O)NC2CCCCC2)c1. The predicted octanol–water partition coefficient (Wildman–Crippen LogP) is 6.40. The van der Waals surface area contributed by atoms with Crippen molar-refractivity contribution in [1.82, 2.24) is 10.2 Å². The molecule has 1 aliphatic carbocycles. The zero-order valence-electron chi connectivity index (χ0n) is 19.3. The maximum atomic E-state index is 13.3. The maximum Gasteiger partial charge on any atom is 0.242 e. The zero-order chi connectivity index (χ0) is 23.8. The lowest BCUT2D eigenvalue weighted by atomic mass is 9.95. The van der Waals surface area contributed by atoms with Gasteiger partial charge in [-0.05, 0) is 44.4 Å². The van der Waals surface area contributed by atoms with E-state index in [1.165, 1.54) is 17.5 Å². The third-order valence-electron chi connectivity index (χ3n) is 6.09. The van der Waals surface area contributed by atoms with Crippen molar-refractivity contribution in [3.63, 3.8) is 0 Å². The van der Waals surface area contributed by atoms with Gasteiger partial charge in [0, 0.05) is 33.9 Å². The van der Waals surface area contributed by atoms with Crippen LogP contribution in [0.3, 0.4) is 0 Å². The standard InChI is InChI=1S/C26H32Cl2N2O2S/c1-18-8-6-9-20(14-18)16-33-17-25(31)30(15-22-23(27)12-7-13-24(22)28)19(2)26(32)29-21-10-4-3-5-11-21/h6-9,12-14,19,21H,3-5,10-11,15-17H2,1-2H3,(H,29,32)/t19-/m1/s1. The minimum Gasteiger partial charge on any atom is -0.352 e. The summed E-state index contributed by atoms with van der Waals surface area (Å²) < 4.78 is 0. The highest BCUT2D eigenvalue weighted by atomic mass is 35.5. The molecule has 1 saturated carbocycles. The van der Waals surface area contributed by atoms with Crippen molar-refractivity contribution < 1.29 is 9.59 Å². The van der Waals surface area contributed by atoms with E-state index in [0.717, 1.165) is 31.4 Å². The Hall–Kier alpha value is -1.69. The molecule has 2 aromatic carbocycles. The van der Waals surface area contributed by atoms with E-state index in [4.69, 9.17) is 23.2 Å². The first-order chi connectivity index (χ1) is 15.8. The summed E-state index contributed by atoms with van der Waals surface area (Å²) in [6.45, 7) is 4.04. The van der Waals surface area contributed by atoms with Gasteiger partial charge in [0.15, 0.2) is 0 Å². The maximum absolute atomic E-state index is 13.3. The second-order valence-corrected chi connectivity index (χ2v) is 10.5. The Morgan fingerprint density at radius 1 is 1.09 bits per heavy atom. The molecule has 0 saturated heterocycles. The lowest BCUT2D eigenvalue weighted by Crippen LogP contribution is -2.50. The van der Waals surface area contributed by atoms with Gasteiger partial charge in [-0.3, -0.25) is 9.59 Å². The molecule has 1 fully saturated rings. The minimum atomic E-state index is -0.619. The summed E-state index contributed by atoms with van der Waals surface area (Å²) in [5, 5.41) is 4.14. The Bertz CT molecular complexity index is 943. The largest absolute Gasteiger partial charge is 0.352 e. The zero-order valence-corrected chi connectivity index (χ0v) is 21.6. The molecule has 1 aliphatic rings. The average molecular weight is 508 g/mol. The molecule has 0 radical (unpaired) electrons. The van der Waals surface area contributed by atoms with Crippen molar-refractivity contribution in [2.75, 3.05) is 5.75 Å². The van der Waals surface area contributed by atoms with Crippen LogP contribution in [0.5, 0.6) is 0 Å². The number of nitrogens with zero attached hydrogens (tertiary/aromatic N) is 1.